The number of furan rings is 1. The molecule has 0 spiro atoms. The van der Waals surface area contributed by atoms with E-state index in [9.17, 15) is 9.59 Å². The normalized spacial score (nSPS) is 11.1. The molecule has 0 radical (unpaired) electrons. The van der Waals surface area contributed by atoms with E-state index < -0.39 is 0 Å². The number of carbonyl (C=O) groups excluding carboxylic acids is 1. The summed E-state index contributed by atoms with van der Waals surface area (Å²) in [6.45, 7) is 1.84. The van der Waals surface area contributed by atoms with Crippen molar-refractivity contribution < 1.29 is 9.21 Å². The second-order valence-electron chi connectivity index (χ2n) is 5.33. The van der Waals surface area contributed by atoms with Gasteiger partial charge in [0.25, 0.3) is 5.56 Å². The number of hydrogen-bond donors (Lipinski definition) is 0. The van der Waals surface area contributed by atoms with E-state index in [4.69, 9.17) is 16.0 Å². The Morgan fingerprint density at radius 2 is 2.21 bits per heavy atom. The maximum Gasteiger partial charge on any atom is 0.262 e. The molecule has 0 aliphatic carbocycles. The van der Waals surface area contributed by atoms with Crippen molar-refractivity contribution in [3.63, 3.8) is 0 Å². The van der Waals surface area contributed by atoms with Gasteiger partial charge in [0.2, 0.25) is 0 Å². The molecule has 2 heterocycles. The Hall–Kier alpha value is -2.05. The lowest BCUT2D eigenvalue weighted by molar-refractivity contribution is -0.116. The fourth-order valence-corrected chi connectivity index (χ4v) is 3.47. The van der Waals surface area contributed by atoms with Gasteiger partial charge in [-0.05, 0) is 37.3 Å². The number of thioether (sulfide) groups is 1. The third-order valence-electron chi connectivity index (χ3n) is 3.46. The summed E-state index contributed by atoms with van der Waals surface area (Å²) in [5.41, 5.74) is 0.395. The van der Waals surface area contributed by atoms with Crippen LogP contribution in [0.5, 0.6) is 0 Å². The number of carbonyl (C=O) groups is 1. The monoisotopic (exact) mass is 362 g/mol. The van der Waals surface area contributed by atoms with Crippen molar-refractivity contribution in [2.75, 3.05) is 5.75 Å². The highest BCUT2D eigenvalue weighted by Crippen LogP contribution is 2.22. The number of fused-ring (bicyclic) bond motifs is 1. The zero-order chi connectivity index (χ0) is 17.1. The van der Waals surface area contributed by atoms with Gasteiger partial charge in [-0.2, -0.15) is 0 Å². The minimum absolute atomic E-state index is 0.103. The van der Waals surface area contributed by atoms with Crippen LogP contribution >= 0.6 is 23.4 Å². The van der Waals surface area contributed by atoms with Crippen molar-refractivity contribution in [3.05, 3.63) is 57.7 Å². The first-order chi connectivity index (χ1) is 11.5. The van der Waals surface area contributed by atoms with Gasteiger partial charge >= 0.3 is 0 Å². The van der Waals surface area contributed by atoms with Gasteiger partial charge in [0.05, 0.1) is 23.7 Å². The molecule has 24 heavy (non-hydrogen) atoms. The summed E-state index contributed by atoms with van der Waals surface area (Å²) in [4.78, 5) is 28.6. The van der Waals surface area contributed by atoms with Crippen LogP contribution in [0.2, 0.25) is 5.02 Å². The number of Topliss-reactive ketones (excluding diaryl/α,β-unsaturated/α-hetero) is 1. The van der Waals surface area contributed by atoms with Gasteiger partial charge in [-0.25, -0.2) is 4.98 Å². The van der Waals surface area contributed by atoms with Gasteiger partial charge in [0.15, 0.2) is 5.16 Å². The Labute approximate surface area is 147 Å². The Balaban J connectivity index is 2.06. The molecule has 3 aromatic rings. The van der Waals surface area contributed by atoms with E-state index in [2.05, 4.69) is 4.98 Å². The average molecular weight is 363 g/mol. The Morgan fingerprint density at radius 1 is 1.38 bits per heavy atom. The van der Waals surface area contributed by atoms with E-state index in [0.29, 0.717) is 45.6 Å². The molecule has 0 aliphatic heterocycles. The topological polar surface area (TPSA) is 65.1 Å². The van der Waals surface area contributed by atoms with E-state index in [0.717, 1.165) is 0 Å². The van der Waals surface area contributed by atoms with Crippen LogP contribution in [0.3, 0.4) is 0 Å². The fourth-order valence-electron chi connectivity index (χ4n) is 2.27. The summed E-state index contributed by atoms with van der Waals surface area (Å²) in [6.07, 6.45) is 1.99. The molecule has 1 aromatic carbocycles. The van der Waals surface area contributed by atoms with Gasteiger partial charge in [0.1, 0.15) is 11.5 Å². The van der Waals surface area contributed by atoms with Gasteiger partial charge in [0, 0.05) is 17.2 Å². The lowest BCUT2D eigenvalue weighted by atomic mass is 10.2. The summed E-state index contributed by atoms with van der Waals surface area (Å²) in [6, 6.07) is 8.60. The number of hydrogen-bond acceptors (Lipinski definition) is 5. The molecule has 5 nitrogen and oxygen atoms in total. The summed E-state index contributed by atoms with van der Waals surface area (Å²) in [5, 5.41) is 1.58. The SMILES string of the molecule is CC(=O)CCSc1nc2cc(Cl)ccc2c(=O)n1Cc1ccco1. The number of aromatic nitrogens is 2. The summed E-state index contributed by atoms with van der Waals surface area (Å²) in [5.74, 6) is 1.33. The third-order valence-corrected chi connectivity index (χ3v) is 4.67. The molecule has 0 aliphatic rings. The Morgan fingerprint density at radius 3 is 2.92 bits per heavy atom. The number of halogens is 1. The first-order valence-electron chi connectivity index (χ1n) is 7.39. The van der Waals surface area contributed by atoms with Gasteiger partial charge in [-0.15, -0.1) is 0 Å². The molecule has 0 saturated carbocycles. The molecule has 0 atom stereocenters. The summed E-state index contributed by atoms with van der Waals surface area (Å²) >= 11 is 7.39. The van der Waals surface area contributed by atoms with E-state index in [1.165, 1.54) is 11.8 Å². The highest BCUT2D eigenvalue weighted by atomic mass is 35.5. The van der Waals surface area contributed by atoms with Crippen molar-refractivity contribution >= 4 is 40.0 Å². The maximum atomic E-state index is 12.8. The van der Waals surface area contributed by atoms with Crippen LogP contribution in [0.4, 0.5) is 0 Å². The number of benzene rings is 1. The summed E-state index contributed by atoms with van der Waals surface area (Å²) in [7, 11) is 0. The minimum atomic E-state index is -0.154. The van der Waals surface area contributed by atoms with Gasteiger partial charge < -0.3 is 4.42 Å². The highest BCUT2D eigenvalue weighted by molar-refractivity contribution is 7.99. The van der Waals surface area contributed by atoms with Crippen LogP contribution in [0.1, 0.15) is 19.1 Å². The molecule has 0 fully saturated rings. The number of ketones is 1. The number of nitrogens with zero attached hydrogens (tertiary/aromatic N) is 2. The minimum Gasteiger partial charge on any atom is -0.467 e. The fraction of sp³-hybridized carbons (Fsp3) is 0.235. The predicted molar refractivity (Wildman–Crippen MR) is 94.8 cm³/mol. The standard InChI is InChI=1S/C17H15ClN2O3S/c1-11(21)6-8-24-17-19-15-9-12(18)4-5-14(15)16(22)20(17)10-13-3-2-7-23-13/h2-5,7,9H,6,8,10H2,1H3. The van der Waals surface area contributed by atoms with Crippen LogP contribution in [-0.4, -0.2) is 21.1 Å². The third kappa shape index (κ3) is 3.71. The average Bonchev–Trinajstić information content (AvgIpc) is 3.03. The smallest absolute Gasteiger partial charge is 0.262 e. The molecule has 0 saturated heterocycles. The van der Waals surface area contributed by atoms with Gasteiger partial charge in [-0.1, -0.05) is 23.4 Å². The molecule has 0 bridgehead atoms. The zero-order valence-electron chi connectivity index (χ0n) is 13.0. The Kier molecular flexibility index (Phi) is 5.06. The highest BCUT2D eigenvalue weighted by Gasteiger charge is 2.13. The van der Waals surface area contributed by atoms with Crippen LogP contribution in [-0.2, 0) is 11.3 Å². The van der Waals surface area contributed by atoms with Crippen molar-refractivity contribution in [3.8, 4) is 0 Å². The quantitative estimate of drug-likeness (QED) is 0.493. The molecule has 7 heteroatoms. The molecule has 0 amide bonds. The lowest BCUT2D eigenvalue weighted by Crippen LogP contribution is -2.24. The molecule has 3 rings (SSSR count). The van der Waals surface area contributed by atoms with E-state index in [-0.39, 0.29) is 11.3 Å². The van der Waals surface area contributed by atoms with E-state index >= 15 is 0 Å². The van der Waals surface area contributed by atoms with Gasteiger partial charge in [-0.3, -0.25) is 14.2 Å². The Bertz CT molecular complexity index is 935. The van der Waals surface area contributed by atoms with Crippen LogP contribution in [0.25, 0.3) is 10.9 Å². The van der Waals surface area contributed by atoms with Crippen molar-refractivity contribution in [1.29, 1.82) is 0 Å². The molecular weight excluding hydrogens is 348 g/mol. The van der Waals surface area contributed by atoms with Crippen molar-refractivity contribution in [2.45, 2.75) is 25.0 Å². The number of rotatable bonds is 6. The molecular formula is C17H15ClN2O3S. The summed E-state index contributed by atoms with van der Waals surface area (Å²) < 4.78 is 6.92. The first-order valence-corrected chi connectivity index (χ1v) is 8.75. The molecule has 0 N–H and O–H groups in total. The largest absolute Gasteiger partial charge is 0.467 e. The van der Waals surface area contributed by atoms with Crippen LogP contribution in [0.15, 0.2) is 51.0 Å². The lowest BCUT2D eigenvalue weighted by Gasteiger charge is -2.12. The van der Waals surface area contributed by atoms with Crippen LogP contribution < -0.4 is 5.56 Å². The molecule has 2 aromatic heterocycles. The van der Waals surface area contributed by atoms with Crippen molar-refractivity contribution in [1.82, 2.24) is 9.55 Å². The van der Waals surface area contributed by atoms with E-state index in [1.807, 2.05) is 6.07 Å². The second-order valence-corrected chi connectivity index (χ2v) is 6.83. The maximum absolute atomic E-state index is 12.8. The molecule has 0 unspecified atom stereocenters. The first kappa shape index (κ1) is 16.8. The second kappa shape index (κ2) is 7.23. The van der Waals surface area contributed by atoms with Crippen molar-refractivity contribution in [2.24, 2.45) is 0 Å². The predicted octanol–water partition coefficient (Wildman–Crippen LogP) is 3.76. The van der Waals surface area contributed by atoms with Crippen LogP contribution in [0, 0.1) is 0 Å². The molecule has 124 valence electrons. The van der Waals surface area contributed by atoms with E-state index in [1.54, 1.807) is 42.0 Å². The zero-order valence-corrected chi connectivity index (χ0v) is 14.6.